The number of hydrogen-bond donors (Lipinski definition) is 0. The van der Waals surface area contributed by atoms with Gasteiger partial charge >= 0.3 is 5.97 Å². The first-order valence-corrected chi connectivity index (χ1v) is 5.77. The zero-order chi connectivity index (χ0) is 11.9. The Morgan fingerprint density at radius 3 is 2.69 bits per heavy atom. The van der Waals surface area contributed by atoms with E-state index in [-0.39, 0.29) is 17.6 Å². The molecule has 3 aliphatic rings. The first-order valence-electron chi connectivity index (χ1n) is 5.77. The quantitative estimate of drug-likeness (QED) is 0.542. The second-order valence-electron chi connectivity index (χ2n) is 5.38. The van der Waals surface area contributed by atoms with E-state index < -0.39 is 5.97 Å². The smallest absolute Gasteiger partial charge is 0.313 e. The fourth-order valence-corrected chi connectivity index (χ4v) is 2.97. The molecule has 3 nitrogen and oxygen atoms in total. The fraction of sp³-hybridized carbons (Fsp3) is 0.692. The number of fused-ring (bicyclic) bond motifs is 1. The average molecular weight is 222 g/mol. The van der Waals surface area contributed by atoms with Crippen LogP contribution in [0.15, 0.2) is 11.6 Å². The molecule has 0 aromatic rings. The van der Waals surface area contributed by atoms with E-state index >= 15 is 0 Å². The molecule has 0 aromatic carbocycles. The number of methoxy groups -OCH3 is 1. The summed E-state index contributed by atoms with van der Waals surface area (Å²) in [6, 6.07) is 0. The molecule has 0 amide bonds. The molecule has 0 radical (unpaired) electrons. The van der Waals surface area contributed by atoms with Gasteiger partial charge in [-0.05, 0) is 35.7 Å². The molecule has 0 heterocycles. The van der Waals surface area contributed by atoms with E-state index in [1.54, 1.807) is 0 Å². The van der Waals surface area contributed by atoms with Crippen LogP contribution in [0.1, 0.15) is 33.1 Å². The Hall–Kier alpha value is -1.12. The molecule has 0 saturated heterocycles. The Balaban J connectivity index is 2.08. The summed E-state index contributed by atoms with van der Waals surface area (Å²) in [5.41, 5.74) is 1.09. The van der Waals surface area contributed by atoms with Gasteiger partial charge in [-0.15, -0.1) is 0 Å². The average Bonchev–Trinajstić information content (AvgIpc) is 2.28. The van der Waals surface area contributed by atoms with Crippen molar-refractivity contribution < 1.29 is 14.3 Å². The molecule has 0 aliphatic heterocycles. The van der Waals surface area contributed by atoms with Crippen LogP contribution in [0, 0.1) is 17.3 Å². The van der Waals surface area contributed by atoms with Crippen molar-refractivity contribution in [2.45, 2.75) is 33.1 Å². The zero-order valence-corrected chi connectivity index (χ0v) is 10.1. The topological polar surface area (TPSA) is 43.4 Å². The summed E-state index contributed by atoms with van der Waals surface area (Å²) in [6.07, 6.45) is 3.99. The maximum atomic E-state index is 11.9. The number of rotatable bonds is 3. The number of ketones is 1. The van der Waals surface area contributed by atoms with Crippen LogP contribution in [-0.4, -0.2) is 18.9 Å². The minimum Gasteiger partial charge on any atom is -0.469 e. The summed E-state index contributed by atoms with van der Waals surface area (Å²) < 4.78 is 4.52. The Morgan fingerprint density at radius 1 is 1.50 bits per heavy atom. The standard InChI is InChI=1S/C13H18O3/c1-13(2)8-4-5-9(10(13)6-8)11(14)7-12(15)16-3/h5,8,10H,4,6-7H2,1-3H3. The third-order valence-corrected chi connectivity index (χ3v) is 4.32. The molecule has 2 unspecified atom stereocenters. The SMILES string of the molecule is COC(=O)CC(=O)C1=CCC2CC1C2(C)C. The molecule has 2 atom stereocenters. The predicted octanol–water partition coefficient (Wildman–Crippen LogP) is 2.11. The molecule has 1 fully saturated rings. The van der Waals surface area contributed by atoms with Gasteiger partial charge in [0, 0.05) is 0 Å². The molecular formula is C13H18O3. The second-order valence-corrected chi connectivity index (χ2v) is 5.38. The van der Waals surface area contributed by atoms with E-state index in [0.717, 1.165) is 18.4 Å². The largest absolute Gasteiger partial charge is 0.469 e. The van der Waals surface area contributed by atoms with Crippen LogP contribution in [0.25, 0.3) is 0 Å². The summed E-state index contributed by atoms with van der Waals surface area (Å²) >= 11 is 0. The van der Waals surface area contributed by atoms with Crippen LogP contribution < -0.4 is 0 Å². The third-order valence-electron chi connectivity index (χ3n) is 4.32. The van der Waals surface area contributed by atoms with Crippen molar-refractivity contribution in [3.05, 3.63) is 11.6 Å². The molecule has 0 spiro atoms. The first kappa shape index (κ1) is 11.4. The molecule has 3 aliphatic carbocycles. The van der Waals surface area contributed by atoms with Crippen LogP contribution in [0.2, 0.25) is 0 Å². The lowest BCUT2D eigenvalue weighted by molar-refractivity contribution is -0.143. The molecule has 3 rings (SSSR count). The van der Waals surface area contributed by atoms with Gasteiger partial charge in [0.25, 0.3) is 0 Å². The number of allylic oxidation sites excluding steroid dienone is 2. The molecule has 1 saturated carbocycles. The fourth-order valence-electron chi connectivity index (χ4n) is 2.97. The number of esters is 1. The van der Waals surface area contributed by atoms with E-state index in [2.05, 4.69) is 18.6 Å². The number of hydrogen-bond acceptors (Lipinski definition) is 3. The van der Waals surface area contributed by atoms with E-state index in [0.29, 0.717) is 11.8 Å². The minimum absolute atomic E-state index is 0.0527. The monoisotopic (exact) mass is 222 g/mol. The zero-order valence-electron chi connectivity index (χ0n) is 10.1. The van der Waals surface area contributed by atoms with Gasteiger partial charge in [-0.2, -0.15) is 0 Å². The van der Waals surface area contributed by atoms with Gasteiger partial charge < -0.3 is 4.74 Å². The van der Waals surface area contributed by atoms with Crippen LogP contribution >= 0.6 is 0 Å². The Morgan fingerprint density at radius 2 is 2.19 bits per heavy atom. The van der Waals surface area contributed by atoms with Gasteiger partial charge in [0.15, 0.2) is 5.78 Å². The van der Waals surface area contributed by atoms with Crippen LogP contribution in [-0.2, 0) is 14.3 Å². The number of Topliss-reactive ketones (excluding diaryl/α,β-unsaturated/α-hetero) is 1. The summed E-state index contributed by atoms with van der Waals surface area (Å²) in [5, 5.41) is 0. The van der Waals surface area contributed by atoms with E-state index in [1.165, 1.54) is 7.11 Å². The number of carbonyl (C=O) groups excluding carboxylic acids is 2. The number of ether oxygens (including phenoxy) is 1. The first-order chi connectivity index (χ1) is 7.46. The highest BCUT2D eigenvalue weighted by atomic mass is 16.5. The van der Waals surface area contributed by atoms with Crippen molar-refractivity contribution in [2.75, 3.05) is 7.11 Å². The van der Waals surface area contributed by atoms with Crippen molar-refractivity contribution in [2.24, 2.45) is 17.3 Å². The van der Waals surface area contributed by atoms with Crippen molar-refractivity contribution in [1.82, 2.24) is 0 Å². The van der Waals surface area contributed by atoms with Crippen LogP contribution in [0.3, 0.4) is 0 Å². The molecule has 0 N–H and O–H groups in total. The van der Waals surface area contributed by atoms with Crippen molar-refractivity contribution in [1.29, 1.82) is 0 Å². The van der Waals surface area contributed by atoms with Gasteiger partial charge in [-0.25, -0.2) is 0 Å². The Kier molecular flexibility index (Phi) is 2.64. The highest BCUT2D eigenvalue weighted by molar-refractivity contribution is 6.06. The third kappa shape index (κ3) is 1.58. The lowest BCUT2D eigenvalue weighted by Gasteiger charge is -2.56. The molecule has 0 aromatic heterocycles. The van der Waals surface area contributed by atoms with Crippen LogP contribution in [0.4, 0.5) is 0 Å². The van der Waals surface area contributed by atoms with Gasteiger partial charge in [-0.1, -0.05) is 19.9 Å². The lowest BCUT2D eigenvalue weighted by Crippen LogP contribution is -2.49. The molecule has 3 heteroatoms. The maximum absolute atomic E-state index is 11.9. The van der Waals surface area contributed by atoms with Gasteiger partial charge in [0.1, 0.15) is 6.42 Å². The van der Waals surface area contributed by atoms with Gasteiger partial charge in [-0.3, -0.25) is 9.59 Å². The summed E-state index contributed by atoms with van der Waals surface area (Å²) in [5.74, 6) is 0.573. The highest BCUT2D eigenvalue weighted by Gasteiger charge is 2.52. The summed E-state index contributed by atoms with van der Waals surface area (Å²) in [7, 11) is 1.31. The van der Waals surface area contributed by atoms with Crippen molar-refractivity contribution in [3.63, 3.8) is 0 Å². The van der Waals surface area contributed by atoms with E-state index in [9.17, 15) is 9.59 Å². The minimum atomic E-state index is -0.440. The van der Waals surface area contributed by atoms with Crippen LogP contribution in [0.5, 0.6) is 0 Å². The van der Waals surface area contributed by atoms with E-state index in [1.807, 2.05) is 6.08 Å². The van der Waals surface area contributed by atoms with E-state index in [4.69, 9.17) is 0 Å². The van der Waals surface area contributed by atoms with Gasteiger partial charge in [0.2, 0.25) is 0 Å². The number of carbonyl (C=O) groups is 2. The van der Waals surface area contributed by atoms with Gasteiger partial charge in [0.05, 0.1) is 7.11 Å². The maximum Gasteiger partial charge on any atom is 0.313 e. The van der Waals surface area contributed by atoms with Crippen molar-refractivity contribution >= 4 is 11.8 Å². The predicted molar refractivity (Wildman–Crippen MR) is 59.7 cm³/mol. The van der Waals surface area contributed by atoms with Crippen molar-refractivity contribution in [3.8, 4) is 0 Å². The normalized spacial score (nSPS) is 30.1. The Labute approximate surface area is 95.9 Å². The molecule has 2 bridgehead atoms. The second kappa shape index (κ2) is 3.72. The Bertz CT molecular complexity index is 365. The lowest BCUT2D eigenvalue weighted by atomic mass is 9.48. The molecule has 88 valence electrons. The molecule has 16 heavy (non-hydrogen) atoms. The summed E-state index contributed by atoms with van der Waals surface area (Å²) in [4.78, 5) is 23.0. The molecular weight excluding hydrogens is 204 g/mol. The highest BCUT2D eigenvalue weighted by Crippen LogP contribution is 2.59. The summed E-state index contributed by atoms with van der Waals surface area (Å²) in [6.45, 7) is 4.43.